The lowest BCUT2D eigenvalue weighted by Crippen LogP contribution is -2.52. The molecule has 2 rings (SSSR count). The van der Waals surface area contributed by atoms with Crippen LogP contribution in [0.4, 0.5) is 0 Å². The highest BCUT2D eigenvalue weighted by molar-refractivity contribution is 7.89. The predicted molar refractivity (Wildman–Crippen MR) is 72.1 cm³/mol. The SMILES string of the molecule is Cc1cc(C#N)ccc1S(=O)(=O)N1CCNC[C@@H]1C. The number of rotatable bonds is 2. The Kier molecular flexibility index (Phi) is 3.90. The van der Waals surface area contributed by atoms with E-state index in [4.69, 9.17) is 5.26 Å². The van der Waals surface area contributed by atoms with Crippen molar-refractivity contribution < 1.29 is 8.42 Å². The van der Waals surface area contributed by atoms with Crippen LogP contribution < -0.4 is 5.32 Å². The lowest BCUT2D eigenvalue weighted by molar-refractivity contribution is 0.283. The second-order valence-corrected chi connectivity index (χ2v) is 6.62. The van der Waals surface area contributed by atoms with Crippen molar-refractivity contribution in [2.24, 2.45) is 0 Å². The second kappa shape index (κ2) is 5.29. The Hall–Kier alpha value is -1.42. The summed E-state index contributed by atoms with van der Waals surface area (Å²) in [5, 5.41) is 12.0. The van der Waals surface area contributed by atoms with Crippen molar-refractivity contribution in [1.29, 1.82) is 5.26 Å². The van der Waals surface area contributed by atoms with E-state index < -0.39 is 10.0 Å². The van der Waals surface area contributed by atoms with Gasteiger partial charge >= 0.3 is 0 Å². The van der Waals surface area contributed by atoms with Crippen LogP contribution in [0.5, 0.6) is 0 Å². The molecule has 0 amide bonds. The molecule has 6 heteroatoms. The molecule has 0 unspecified atom stereocenters. The molecular formula is C13H17N3O2S. The number of nitrogens with zero attached hydrogens (tertiary/aromatic N) is 2. The molecule has 0 spiro atoms. The predicted octanol–water partition coefficient (Wildman–Crippen LogP) is 0.849. The standard InChI is InChI=1S/C13H17N3O2S/c1-10-7-12(8-14)3-4-13(10)19(17,18)16-6-5-15-9-11(16)2/h3-4,7,11,15H,5-6,9H2,1-2H3/t11-/m0/s1. The van der Waals surface area contributed by atoms with Gasteiger partial charge in [0.2, 0.25) is 10.0 Å². The van der Waals surface area contributed by atoms with Crippen molar-refractivity contribution in [2.75, 3.05) is 19.6 Å². The first-order valence-corrected chi connectivity index (χ1v) is 7.64. The van der Waals surface area contributed by atoms with Crippen LogP contribution in [0.2, 0.25) is 0 Å². The topological polar surface area (TPSA) is 73.2 Å². The van der Waals surface area contributed by atoms with Crippen molar-refractivity contribution in [3.8, 4) is 6.07 Å². The minimum Gasteiger partial charge on any atom is -0.314 e. The van der Waals surface area contributed by atoms with Gasteiger partial charge in [-0.15, -0.1) is 0 Å². The van der Waals surface area contributed by atoms with Crippen LogP contribution in [0.25, 0.3) is 0 Å². The Morgan fingerprint density at radius 2 is 2.21 bits per heavy atom. The first-order valence-electron chi connectivity index (χ1n) is 6.20. The number of nitriles is 1. The summed E-state index contributed by atoms with van der Waals surface area (Å²) in [5.74, 6) is 0. The highest BCUT2D eigenvalue weighted by Gasteiger charge is 2.31. The molecule has 0 saturated carbocycles. The number of hydrogen-bond acceptors (Lipinski definition) is 4. The molecule has 1 aliphatic heterocycles. The molecule has 19 heavy (non-hydrogen) atoms. The average Bonchev–Trinajstić information content (AvgIpc) is 2.38. The summed E-state index contributed by atoms with van der Waals surface area (Å²) >= 11 is 0. The Morgan fingerprint density at radius 3 is 2.79 bits per heavy atom. The fraction of sp³-hybridized carbons (Fsp3) is 0.462. The van der Waals surface area contributed by atoms with E-state index in [1.807, 2.05) is 13.0 Å². The first-order chi connectivity index (χ1) is 8.96. The van der Waals surface area contributed by atoms with E-state index in [9.17, 15) is 8.42 Å². The molecule has 1 atom stereocenters. The van der Waals surface area contributed by atoms with Gasteiger partial charge in [0.25, 0.3) is 0 Å². The molecule has 1 aromatic rings. The Labute approximate surface area is 113 Å². The van der Waals surface area contributed by atoms with Crippen molar-refractivity contribution in [3.63, 3.8) is 0 Å². The van der Waals surface area contributed by atoms with Crippen LogP contribution >= 0.6 is 0 Å². The second-order valence-electron chi connectivity index (χ2n) is 4.76. The van der Waals surface area contributed by atoms with E-state index >= 15 is 0 Å². The quantitative estimate of drug-likeness (QED) is 0.871. The van der Waals surface area contributed by atoms with Gasteiger partial charge in [0, 0.05) is 25.7 Å². The molecule has 0 radical (unpaired) electrons. The molecule has 1 aliphatic rings. The van der Waals surface area contributed by atoms with E-state index in [-0.39, 0.29) is 6.04 Å². The van der Waals surface area contributed by atoms with E-state index in [2.05, 4.69) is 5.32 Å². The number of sulfonamides is 1. The third kappa shape index (κ3) is 2.63. The van der Waals surface area contributed by atoms with Crippen molar-refractivity contribution in [1.82, 2.24) is 9.62 Å². The van der Waals surface area contributed by atoms with Crippen LogP contribution in [0.15, 0.2) is 23.1 Å². The van der Waals surface area contributed by atoms with Gasteiger partial charge < -0.3 is 5.32 Å². The molecule has 5 nitrogen and oxygen atoms in total. The van der Waals surface area contributed by atoms with Gasteiger partial charge in [-0.25, -0.2) is 8.42 Å². The van der Waals surface area contributed by atoms with Crippen molar-refractivity contribution >= 4 is 10.0 Å². The fourth-order valence-electron chi connectivity index (χ4n) is 2.31. The molecule has 1 aromatic carbocycles. The van der Waals surface area contributed by atoms with E-state index in [1.165, 1.54) is 10.4 Å². The number of benzene rings is 1. The minimum atomic E-state index is -3.48. The van der Waals surface area contributed by atoms with Crippen LogP contribution in [0.3, 0.4) is 0 Å². The zero-order chi connectivity index (χ0) is 14.0. The Bertz CT molecular complexity index is 619. The van der Waals surface area contributed by atoms with Crippen LogP contribution in [-0.2, 0) is 10.0 Å². The molecular weight excluding hydrogens is 262 g/mol. The van der Waals surface area contributed by atoms with Gasteiger partial charge in [-0.3, -0.25) is 0 Å². The highest BCUT2D eigenvalue weighted by atomic mass is 32.2. The molecule has 0 bridgehead atoms. The van der Waals surface area contributed by atoms with Crippen LogP contribution in [0, 0.1) is 18.3 Å². The van der Waals surface area contributed by atoms with E-state index in [1.54, 1.807) is 19.1 Å². The maximum atomic E-state index is 12.6. The summed E-state index contributed by atoms with van der Waals surface area (Å²) < 4.78 is 26.8. The summed E-state index contributed by atoms with van der Waals surface area (Å²) in [7, 11) is -3.48. The molecule has 1 heterocycles. The first kappa shape index (κ1) is 14.0. The highest BCUT2D eigenvalue weighted by Crippen LogP contribution is 2.23. The van der Waals surface area contributed by atoms with Gasteiger partial charge in [-0.2, -0.15) is 9.57 Å². The molecule has 102 valence electrons. The average molecular weight is 279 g/mol. The van der Waals surface area contributed by atoms with Crippen LogP contribution in [-0.4, -0.2) is 38.4 Å². The summed E-state index contributed by atoms with van der Waals surface area (Å²) in [6.07, 6.45) is 0. The van der Waals surface area contributed by atoms with Gasteiger partial charge in [-0.05, 0) is 37.6 Å². The number of piperazine rings is 1. The van der Waals surface area contributed by atoms with E-state index in [0.29, 0.717) is 35.7 Å². The zero-order valence-corrected chi connectivity index (χ0v) is 11.9. The molecule has 1 N–H and O–H groups in total. The van der Waals surface area contributed by atoms with Gasteiger partial charge in [0.15, 0.2) is 0 Å². The number of hydrogen-bond donors (Lipinski definition) is 1. The smallest absolute Gasteiger partial charge is 0.243 e. The monoisotopic (exact) mass is 279 g/mol. The zero-order valence-electron chi connectivity index (χ0n) is 11.0. The Morgan fingerprint density at radius 1 is 1.47 bits per heavy atom. The summed E-state index contributed by atoms with van der Waals surface area (Å²) in [4.78, 5) is 0.292. The van der Waals surface area contributed by atoms with E-state index in [0.717, 1.165) is 0 Å². The maximum Gasteiger partial charge on any atom is 0.243 e. The fourth-order valence-corrected chi connectivity index (χ4v) is 4.15. The third-order valence-corrected chi connectivity index (χ3v) is 5.50. The number of nitrogens with one attached hydrogen (secondary N) is 1. The van der Waals surface area contributed by atoms with Crippen LogP contribution in [0.1, 0.15) is 18.1 Å². The lowest BCUT2D eigenvalue weighted by atomic mass is 10.2. The summed E-state index contributed by atoms with van der Waals surface area (Å²) in [5.41, 5.74) is 1.09. The van der Waals surface area contributed by atoms with Gasteiger partial charge in [0.05, 0.1) is 16.5 Å². The minimum absolute atomic E-state index is 0.0613. The van der Waals surface area contributed by atoms with Gasteiger partial charge in [-0.1, -0.05) is 0 Å². The molecule has 0 aromatic heterocycles. The Balaban J connectivity index is 2.42. The lowest BCUT2D eigenvalue weighted by Gasteiger charge is -2.33. The number of aryl methyl sites for hydroxylation is 1. The van der Waals surface area contributed by atoms with Crippen molar-refractivity contribution in [3.05, 3.63) is 29.3 Å². The van der Waals surface area contributed by atoms with Gasteiger partial charge in [0.1, 0.15) is 0 Å². The summed E-state index contributed by atoms with van der Waals surface area (Å²) in [6.45, 7) is 5.42. The molecule has 1 saturated heterocycles. The molecule has 0 aliphatic carbocycles. The maximum absolute atomic E-state index is 12.6. The largest absolute Gasteiger partial charge is 0.314 e. The third-order valence-electron chi connectivity index (χ3n) is 3.33. The molecule has 1 fully saturated rings. The van der Waals surface area contributed by atoms with Crippen molar-refractivity contribution in [2.45, 2.75) is 24.8 Å². The normalized spacial score (nSPS) is 21.0. The summed E-state index contributed by atoms with van der Waals surface area (Å²) in [6, 6.07) is 6.64.